The number of fused-ring (bicyclic) bond motifs is 1. The number of hydrogen-bond acceptors (Lipinski definition) is 7. The highest BCUT2D eigenvalue weighted by Gasteiger charge is 2.25. The van der Waals surface area contributed by atoms with Crippen LogP contribution in [0, 0.1) is 17.0 Å². The van der Waals surface area contributed by atoms with E-state index in [0.717, 1.165) is 5.56 Å². The number of benzene rings is 2. The molecule has 4 rings (SSSR count). The number of amides is 2. The SMILES string of the molecule is CCCN(CC(=O)N(Cc1ccc2c(c1)OCO2)Cc1ccco1)C(=O)c1ccc(C)c([N+](=O)[O-])c1. The third-order valence-corrected chi connectivity index (χ3v) is 5.85. The minimum absolute atomic E-state index is 0.133. The second kappa shape index (κ2) is 10.9. The van der Waals surface area contributed by atoms with Crippen LogP contribution in [0.2, 0.25) is 0 Å². The van der Waals surface area contributed by atoms with Gasteiger partial charge in [-0.2, -0.15) is 0 Å². The van der Waals surface area contributed by atoms with Crippen molar-refractivity contribution in [2.45, 2.75) is 33.4 Å². The first-order valence-corrected chi connectivity index (χ1v) is 11.6. The Morgan fingerprint density at radius 3 is 2.56 bits per heavy atom. The summed E-state index contributed by atoms with van der Waals surface area (Å²) < 4.78 is 16.3. The average molecular weight is 494 g/mol. The molecule has 0 atom stereocenters. The summed E-state index contributed by atoms with van der Waals surface area (Å²) in [5, 5.41) is 11.3. The smallest absolute Gasteiger partial charge is 0.273 e. The van der Waals surface area contributed by atoms with Crippen molar-refractivity contribution < 1.29 is 28.4 Å². The Morgan fingerprint density at radius 1 is 1.03 bits per heavy atom. The maximum Gasteiger partial charge on any atom is 0.273 e. The van der Waals surface area contributed by atoms with Crippen LogP contribution in [0.15, 0.2) is 59.2 Å². The minimum Gasteiger partial charge on any atom is -0.467 e. The lowest BCUT2D eigenvalue weighted by molar-refractivity contribution is -0.385. The van der Waals surface area contributed by atoms with Crippen molar-refractivity contribution in [2.75, 3.05) is 19.9 Å². The summed E-state index contributed by atoms with van der Waals surface area (Å²) in [6.07, 6.45) is 2.16. The van der Waals surface area contributed by atoms with Gasteiger partial charge in [0.2, 0.25) is 12.7 Å². The van der Waals surface area contributed by atoms with Gasteiger partial charge < -0.3 is 23.7 Å². The van der Waals surface area contributed by atoms with E-state index < -0.39 is 10.8 Å². The second-order valence-corrected chi connectivity index (χ2v) is 8.50. The van der Waals surface area contributed by atoms with Crippen LogP contribution in [-0.4, -0.2) is 46.4 Å². The van der Waals surface area contributed by atoms with Gasteiger partial charge in [-0.1, -0.05) is 19.1 Å². The molecule has 0 spiro atoms. The Labute approximate surface area is 208 Å². The zero-order valence-corrected chi connectivity index (χ0v) is 20.1. The molecule has 0 bridgehead atoms. The van der Waals surface area contributed by atoms with E-state index in [4.69, 9.17) is 13.9 Å². The second-order valence-electron chi connectivity index (χ2n) is 8.50. The summed E-state index contributed by atoms with van der Waals surface area (Å²) in [6, 6.07) is 13.4. The number of ether oxygens (including phenoxy) is 2. The Bertz CT molecular complexity index is 1260. The van der Waals surface area contributed by atoms with Crippen LogP contribution < -0.4 is 9.47 Å². The van der Waals surface area contributed by atoms with Crippen molar-refractivity contribution in [3.63, 3.8) is 0 Å². The fraction of sp³-hybridized carbons (Fsp3) is 0.308. The van der Waals surface area contributed by atoms with Crippen molar-refractivity contribution >= 4 is 17.5 Å². The largest absolute Gasteiger partial charge is 0.467 e. The van der Waals surface area contributed by atoms with E-state index in [2.05, 4.69) is 0 Å². The number of hydrogen-bond donors (Lipinski definition) is 0. The standard InChI is InChI=1S/C26H27N3O7/c1-3-10-27(26(31)20-8-6-18(2)22(13-20)29(32)33)16-25(30)28(15-21-5-4-11-34-21)14-19-7-9-23-24(12-19)36-17-35-23/h4-9,11-13H,3,10,14-17H2,1-2H3. The summed E-state index contributed by atoms with van der Waals surface area (Å²) in [7, 11) is 0. The minimum atomic E-state index is -0.516. The monoisotopic (exact) mass is 493 g/mol. The molecular formula is C26H27N3O7. The highest BCUT2D eigenvalue weighted by atomic mass is 16.7. The van der Waals surface area contributed by atoms with Gasteiger partial charge in [0.15, 0.2) is 11.5 Å². The summed E-state index contributed by atoms with van der Waals surface area (Å²) in [5.74, 6) is 1.14. The summed E-state index contributed by atoms with van der Waals surface area (Å²) in [5.41, 5.74) is 1.33. The maximum absolute atomic E-state index is 13.5. The lowest BCUT2D eigenvalue weighted by Gasteiger charge is -2.27. The van der Waals surface area contributed by atoms with Crippen molar-refractivity contribution in [1.29, 1.82) is 0 Å². The van der Waals surface area contributed by atoms with Crippen LogP contribution in [0.4, 0.5) is 5.69 Å². The predicted molar refractivity (Wildman–Crippen MR) is 130 cm³/mol. The van der Waals surface area contributed by atoms with E-state index in [1.165, 1.54) is 17.2 Å². The molecule has 0 N–H and O–H groups in total. The zero-order valence-electron chi connectivity index (χ0n) is 20.1. The molecule has 0 fully saturated rings. The Kier molecular flexibility index (Phi) is 7.53. The third kappa shape index (κ3) is 5.65. The number of carbonyl (C=O) groups is 2. The number of aryl methyl sites for hydroxylation is 1. The lowest BCUT2D eigenvalue weighted by Crippen LogP contribution is -2.42. The number of nitrogens with zero attached hydrogens (tertiary/aromatic N) is 3. The number of furan rings is 1. The van der Waals surface area contributed by atoms with E-state index in [0.29, 0.717) is 35.8 Å². The number of nitro benzene ring substituents is 1. The number of carbonyl (C=O) groups excluding carboxylic acids is 2. The van der Waals surface area contributed by atoms with Gasteiger partial charge in [-0.3, -0.25) is 19.7 Å². The molecule has 10 heteroatoms. The van der Waals surface area contributed by atoms with E-state index in [1.54, 1.807) is 42.2 Å². The van der Waals surface area contributed by atoms with Crippen LogP contribution in [0.3, 0.4) is 0 Å². The topological polar surface area (TPSA) is 115 Å². The van der Waals surface area contributed by atoms with E-state index in [1.807, 2.05) is 19.1 Å². The maximum atomic E-state index is 13.5. The van der Waals surface area contributed by atoms with Crippen molar-refractivity contribution in [3.8, 4) is 11.5 Å². The molecule has 188 valence electrons. The Balaban J connectivity index is 1.55. The first-order chi connectivity index (χ1) is 17.4. The molecule has 2 heterocycles. The first-order valence-electron chi connectivity index (χ1n) is 11.6. The molecule has 2 amide bonds. The predicted octanol–water partition coefficient (Wildman–Crippen LogP) is 4.31. The van der Waals surface area contributed by atoms with Crippen molar-refractivity contribution in [2.24, 2.45) is 0 Å². The van der Waals surface area contributed by atoms with E-state index in [-0.39, 0.29) is 43.6 Å². The van der Waals surface area contributed by atoms with Gasteiger partial charge in [-0.25, -0.2) is 0 Å². The van der Waals surface area contributed by atoms with Gasteiger partial charge in [0.25, 0.3) is 11.6 Å². The molecule has 2 aromatic carbocycles. The fourth-order valence-electron chi connectivity index (χ4n) is 3.99. The molecule has 1 aromatic heterocycles. The quantitative estimate of drug-likeness (QED) is 0.305. The van der Waals surface area contributed by atoms with Crippen LogP contribution in [-0.2, 0) is 17.9 Å². The van der Waals surface area contributed by atoms with Crippen LogP contribution in [0.25, 0.3) is 0 Å². The molecule has 0 saturated heterocycles. The molecule has 0 aliphatic carbocycles. The Hall–Kier alpha value is -4.34. The summed E-state index contributed by atoms with van der Waals surface area (Å²) in [4.78, 5) is 40.6. The number of rotatable bonds is 10. The first kappa shape index (κ1) is 24.8. The molecule has 1 aliphatic rings. The molecular weight excluding hydrogens is 466 g/mol. The summed E-state index contributed by atoms with van der Waals surface area (Å²) >= 11 is 0. The highest BCUT2D eigenvalue weighted by molar-refractivity contribution is 5.97. The Morgan fingerprint density at radius 2 is 1.83 bits per heavy atom. The van der Waals surface area contributed by atoms with Gasteiger partial charge in [-0.15, -0.1) is 0 Å². The third-order valence-electron chi connectivity index (χ3n) is 5.85. The molecule has 1 aliphatic heterocycles. The van der Waals surface area contributed by atoms with Crippen LogP contribution in [0.1, 0.15) is 40.6 Å². The highest BCUT2D eigenvalue weighted by Crippen LogP contribution is 2.33. The van der Waals surface area contributed by atoms with Crippen LogP contribution in [0.5, 0.6) is 11.5 Å². The molecule has 0 saturated carbocycles. The van der Waals surface area contributed by atoms with Gasteiger partial charge in [0, 0.05) is 30.3 Å². The lowest BCUT2D eigenvalue weighted by atomic mass is 10.1. The van der Waals surface area contributed by atoms with Crippen molar-refractivity contribution in [1.82, 2.24) is 9.80 Å². The molecule has 0 unspecified atom stereocenters. The summed E-state index contributed by atoms with van der Waals surface area (Å²) in [6.45, 7) is 4.28. The average Bonchev–Trinajstić information content (AvgIpc) is 3.54. The van der Waals surface area contributed by atoms with E-state index in [9.17, 15) is 19.7 Å². The molecule has 10 nitrogen and oxygen atoms in total. The zero-order chi connectivity index (χ0) is 25.7. The van der Waals surface area contributed by atoms with Crippen molar-refractivity contribution in [3.05, 3.63) is 87.4 Å². The molecule has 0 radical (unpaired) electrons. The fourth-order valence-corrected chi connectivity index (χ4v) is 3.99. The normalized spacial score (nSPS) is 11.8. The molecule has 36 heavy (non-hydrogen) atoms. The van der Waals surface area contributed by atoms with Crippen LogP contribution >= 0.6 is 0 Å². The molecule has 3 aromatic rings. The number of nitro groups is 1. The van der Waals surface area contributed by atoms with E-state index >= 15 is 0 Å². The van der Waals surface area contributed by atoms with Gasteiger partial charge in [-0.05, 0) is 49.2 Å². The van der Waals surface area contributed by atoms with Gasteiger partial charge in [0.1, 0.15) is 12.3 Å². The van der Waals surface area contributed by atoms with Gasteiger partial charge in [0.05, 0.1) is 17.7 Å². The van der Waals surface area contributed by atoms with Gasteiger partial charge >= 0.3 is 0 Å².